The van der Waals surface area contributed by atoms with E-state index >= 15 is 0 Å². The van der Waals surface area contributed by atoms with Crippen LogP contribution in [-0.4, -0.2) is 23.3 Å². The Bertz CT molecular complexity index is 474. The van der Waals surface area contributed by atoms with Gasteiger partial charge in [0, 0.05) is 9.61 Å². The van der Waals surface area contributed by atoms with Gasteiger partial charge in [-0.1, -0.05) is 37.5 Å². The normalized spacial score (nSPS) is 18.8. The summed E-state index contributed by atoms with van der Waals surface area (Å²) < 4.78 is 6.28. The molecule has 0 spiro atoms. The number of carbonyl (C=O) groups excluding carboxylic acids is 1. The fourth-order valence-corrected chi connectivity index (χ4v) is 3.36. The molecule has 0 radical (unpaired) electrons. The molecule has 21 heavy (non-hydrogen) atoms. The largest absolute Gasteiger partial charge is 0.443 e. The second-order valence-electron chi connectivity index (χ2n) is 5.56. The first-order chi connectivity index (χ1) is 10.1. The Morgan fingerprint density at radius 2 is 2.00 bits per heavy atom. The first kappa shape index (κ1) is 16.5. The Hall–Kier alpha value is -0.820. The summed E-state index contributed by atoms with van der Waals surface area (Å²) >= 11 is 2.17. The SMILES string of the molecule is C[C@H](OC(=O)NC1CCCCC1)[C@@H](O)c1ccccc1I. The zero-order chi connectivity index (χ0) is 15.2. The first-order valence-corrected chi connectivity index (χ1v) is 8.55. The van der Waals surface area contributed by atoms with Crippen molar-refractivity contribution in [3.05, 3.63) is 33.4 Å². The molecule has 1 saturated carbocycles. The van der Waals surface area contributed by atoms with E-state index in [0.29, 0.717) is 0 Å². The Morgan fingerprint density at radius 1 is 1.33 bits per heavy atom. The molecule has 0 aromatic heterocycles. The molecule has 1 aliphatic carbocycles. The van der Waals surface area contributed by atoms with Crippen molar-refractivity contribution in [1.29, 1.82) is 0 Å². The van der Waals surface area contributed by atoms with Crippen molar-refractivity contribution in [2.24, 2.45) is 0 Å². The highest BCUT2D eigenvalue weighted by Crippen LogP contribution is 2.24. The molecule has 5 heteroatoms. The fraction of sp³-hybridized carbons (Fsp3) is 0.562. The average Bonchev–Trinajstić information content (AvgIpc) is 2.48. The van der Waals surface area contributed by atoms with Gasteiger partial charge in [0.05, 0.1) is 0 Å². The molecular formula is C16H22INO3. The monoisotopic (exact) mass is 403 g/mol. The predicted molar refractivity (Wildman–Crippen MR) is 90.1 cm³/mol. The minimum atomic E-state index is -0.810. The Balaban J connectivity index is 1.86. The number of hydrogen-bond donors (Lipinski definition) is 2. The number of carbonyl (C=O) groups is 1. The van der Waals surface area contributed by atoms with Crippen LogP contribution in [0.3, 0.4) is 0 Å². The predicted octanol–water partition coefficient (Wildman–Crippen LogP) is 3.77. The minimum Gasteiger partial charge on any atom is -0.443 e. The lowest BCUT2D eigenvalue weighted by molar-refractivity contribution is 0.00987. The van der Waals surface area contributed by atoms with E-state index in [1.807, 2.05) is 24.3 Å². The van der Waals surface area contributed by atoms with Crippen LogP contribution in [0.2, 0.25) is 0 Å². The molecule has 0 heterocycles. The number of aliphatic hydroxyl groups is 1. The molecular weight excluding hydrogens is 381 g/mol. The van der Waals surface area contributed by atoms with Crippen molar-refractivity contribution in [3.63, 3.8) is 0 Å². The van der Waals surface area contributed by atoms with E-state index in [0.717, 1.165) is 34.8 Å². The molecule has 0 unspecified atom stereocenters. The lowest BCUT2D eigenvalue weighted by Crippen LogP contribution is -2.39. The highest BCUT2D eigenvalue weighted by molar-refractivity contribution is 14.1. The Labute approximate surface area is 139 Å². The van der Waals surface area contributed by atoms with Crippen LogP contribution in [0.5, 0.6) is 0 Å². The smallest absolute Gasteiger partial charge is 0.407 e. The lowest BCUT2D eigenvalue weighted by Gasteiger charge is -2.25. The number of amides is 1. The molecule has 1 aromatic rings. The van der Waals surface area contributed by atoms with Gasteiger partial charge in [0.25, 0.3) is 0 Å². The number of rotatable bonds is 4. The van der Waals surface area contributed by atoms with Gasteiger partial charge in [0.1, 0.15) is 12.2 Å². The summed E-state index contributed by atoms with van der Waals surface area (Å²) in [5, 5.41) is 13.2. The van der Waals surface area contributed by atoms with Gasteiger partial charge in [-0.3, -0.25) is 0 Å². The molecule has 0 saturated heterocycles. The molecule has 0 bridgehead atoms. The Morgan fingerprint density at radius 3 is 2.67 bits per heavy atom. The van der Waals surface area contributed by atoms with Crippen molar-refractivity contribution < 1.29 is 14.6 Å². The van der Waals surface area contributed by atoms with E-state index in [1.54, 1.807) is 6.92 Å². The standard InChI is InChI=1S/C16H22INO3/c1-11(15(19)13-9-5-6-10-14(13)17)21-16(20)18-12-7-3-2-4-8-12/h5-6,9-12,15,19H,2-4,7-8H2,1H3,(H,18,20)/t11-,15+/m0/s1. The highest BCUT2D eigenvalue weighted by Gasteiger charge is 2.23. The number of halogens is 1. The molecule has 2 atom stereocenters. The maximum atomic E-state index is 11.9. The van der Waals surface area contributed by atoms with Crippen LogP contribution in [0.4, 0.5) is 4.79 Å². The summed E-state index contributed by atoms with van der Waals surface area (Å²) in [5.41, 5.74) is 0.788. The van der Waals surface area contributed by atoms with Crippen LogP contribution in [0, 0.1) is 3.57 Å². The van der Waals surface area contributed by atoms with Crippen molar-refractivity contribution in [2.75, 3.05) is 0 Å². The third kappa shape index (κ3) is 4.85. The topological polar surface area (TPSA) is 58.6 Å². The highest BCUT2D eigenvalue weighted by atomic mass is 127. The van der Waals surface area contributed by atoms with Crippen LogP contribution in [-0.2, 0) is 4.74 Å². The number of ether oxygens (including phenoxy) is 1. The molecule has 116 valence electrons. The number of alkyl carbamates (subject to hydrolysis) is 1. The van der Waals surface area contributed by atoms with Gasteiger partial charge >= 0.3 is 6.09 Å². The molecule has 2 rings (SSSR count). The molecule has 2 N–H and O–H groups in total. The van der Waals surface area contributed by atoms with E-state index in [2.05, 4.69) is 27.9 Å². The summed E-state index contributed by atoms with van der Waals surface area (Å²) in [6.07, 6.45) is 3.77. The van der Waals surface area contributed by atoms with Crippen LogP contribution in [0.1, 0.15) is 50.7 Å². The zero-order valence-electron chi connectivity index (χ0n) is 12.2. The van der Waals surface area contributed by atoms with Gasteiger partial charge in [0.15, 0.2) is 0 Å². The number of benzene rings is 1. The van der Waals surface area contributed by atoms with Gasteiger partial charge < -0.3 is 15.2 Å². The van der Waals surface area contributed by atoms with Crippen molar-refractivity contribution >= 4 is 28.7 Å². The fourth-order valence-electron chi connectivity index (χ4n) is 2.65. The van der Waals surface area contributed by atoms with Gasteiger partial charge in [0.2, 0.25) is 0 Å². The molecule has 1 aromatic carbocycles. The van der Waals surface area contributed by atoms with Gasteiger partial charge in [-0.15, -0.1) is 0 Å². The maximum Gasteiger partial charge on any atom is 0.407 e. The quantitative estimate of drug-likeness (QED) is 0.753. The summed E-state index contributed by atoms with van der Waals surface area (Å²) in [5.74, 6) is 0. The van der Waals surface area contributed by atoms with Crippen LogP contribution in [0.25, 0.3) is 0 Å². The van der Waals surface area contributed by atoms with Gasteiger partial charge in [-0.25, -0.2) is 4.79 Å². The van der Waals surface area contributed by atoms with E-state index in [4.69, 9.17) is 4.74 Å². The third-order valence-electron chi connectivity index (χ3n) is 3.89. The van der Waals surface area contributed by atoms with Crippen LogP contribution >= 0.6 is 22.6 Å². The number of hydrogen-bond acceptors (Lipinski definition) is 3. The summed E-state index contributed by atoms with van der Waals surface area (Å²) in [7, 11) is 0. The summed E-state index contributed by atoms with van der Waals surface area (Å²) in [4.78, 5) is 11.9. The second kappa shape index (κ2) is 7.98. The van der Waals surface area contributed by atoms with Crippen molar-refractivity contribution in [1.82, 2.24) is 5.32 Å². The second-order valence-corrected chi connectivity index (χ2v) is 6.72. The van der Waals surface area contributed by atoms with Crippen LogP contribution < -0.4 is 5.32 Å². The minimum absolute atomic E-state index is 0.215. The van der Waals surface area contributed by atoms with Gasteiger partial charge in [-0.05, 0) is 54.0 Å². The molecule has 1 aliphatic rings. The summed E-state index contributed by atoms with van der Waals surface area (Å²) in [6.45, 7) is 1.72. The molecule has 1 amide bonds. The third-order valence-corrected chi connectivity index (χ3v) is 4.87. The Kier molecular flexibility index (Phi) is 6.29. The van der Waals surface area contributed by atoms with Gasteiger partial charge in [-0.2, -0.15) is 0 Å². The maximum absolute atomic E-state index is 11.9. The van der Waals surface area contributed by atoms with E-state index < -0.39 is 18.3 Å². The zero-order valence-corrected chi connectivity index (χ0v) is 14.4. The first-order valence-electron chi connectivity index (χ1n) is 7.47. The lowest BCUT2D eigenvalue weighted by atomic mass is 9.96. The molecule has 1 fully saturated rings. The number of aliphatic hydroxyl groups excluding tert-OH is 1. The van der Waals surface area contributed by atoms with E-state index in [9.17, 15) is 9.90 Å². The van der Waals surface area contributed by atoms with Crippen LogP contribution in [0.15, 0.2) is 24.3 Å². The molecule has 0 aliphatic heterocycles. The average molecular weight is 403 g/mol. The van der Waals surface area contributed by atoms with E-state index in [-0.39, 0.29) is 6.04 Å². The van der Waals surface area contributed by atoms with Crippen molar-refractivity contribution in [3.8, 4) is 0 Å². The number of nitrogens with one attached hydrogen (secondary N) is 1. The molecule has 4 nitrogen and oxygen atoms in total. The van der Waals surface area contributed by atoms with E-state index in [1.165, 1.54) is 6.42 Å². The van der Waals surface area contributed by atoms with Crippen molar-refractivity contribution in [2.45, 2.75) is 57.3 Å². The summed E-state index contributed by atoms with van der Waals surface area (Å²) in [6, 6.07) is 7.78.